The quantitative estimate of drug-likeness (QED) is 0.844. The highest BCUT2D eigenvalue weighted by molar-refractivity contribution is 6.19. The first kappa shape index (κ1) is 16.7. The van der Waals surface area contributed by atoms with Crippen LogP contribution in [0.4, 0.5) is 10.5 Å². The van der Waals surface area contributed by atoms with Crippen LogP contribution in [0.5, 0.6) is 0 Å². The first-order valence-corrected chi connectivity index (χ1v) is 7.96. The summed E-state index contributed by atoms with van der Waals surface area (Å²) in [6.45, 7) is 3.15. The molecule has 1 aliphatic heterocycles. The van der Waals surface area contributed by atoms with Crippen LogP contribution in [0, 0.1) is 0 Å². The molecule has 128 valence electrons. The van der Waals surface area contributed by atoms with Crippen molar-refractivity contribution in [2.24, 2.45) is 5.73 Å². The predicted molar refractivity (Wildman–Crippen MR) is 96.8 cm³/mol. The molecule has 3 rings (SSSR count). The minimum Gasteiger partial charge on any atom is -0.402 e. The molecule has 3 N–H and O–H groups in total. The van der Waals surface area contributed by atoms with E-state index in [0.717, 1.165) is 11.1 Å². The Morgan fingerprint density at radius 3 is 2.52 bits per heavy atom. The zero-order valence-corrected chi connectivity index (χ0v) is 14.4. The summed E-state index contributed by atoms with van der Waals surface area (Å²) in [6, 6.07) is 11.1. The van der Waals surface area contributed by atoms with Crippen LogP contribution in [0.15, 0.2) is 48.3 Å². The lowest BCUT2D eigenvalue weighted by Crippen LogP contribution is -2.40. The number of allylic oxidation sites excluding steroid dienone is 2. The number of hydrogen-bond donors (Lipinski definition) is 2. The highest BCUT2D eigenvalue weighted by atomic mass is 16.2. The second-order valence-corrected chi connectivity index (χ2v) is 6.13. The van der Waals surface area contributed by atoms with E-state index < -0.39 is 0 Å². The fourth-order valence-corrected chi connectivity index (χ4v) is 3.17. The number of Topliss-reactive ketones (excluding diaryl/α,β-unsaturated/α-hetero) is 1. The average Bonchev–Trinajstić information content (AvgIpc) is 2.56. The first-order valence-electron chi connectivity index (χ1n) is 7.96. The average molecular weight is 336 g/mol. The maximum atomic E-state index is 12.3. The molecule has 1 aromatic heterocycles. The Kier molecular flexibility index (Phi) is 4.27. The van der Waals surface area contributed by atoms with Crippen LogP contribution in [-0.4, -0.2) is 28.7 Å². The third-order valence-electron chi connectivity index (χ3n) is 4.30. The van der Waals surface area contributed by atoms with E-state index in [4.69, 9.17) is 5.73 Å². The minimum absolute atomic E-state index is 0.142. The largest absolute Gasteiger partial charge is 0.402 e. The van der Waals surface area contributed by atoms with Crippen LogP contribution in [0.1, 0.15) is 36.7 Å². The molecule has 0 saturated heterocycles. The highest BCUT2D eigenvalue weighted by Gasteiger charge is 2.32. The van der Waals surface area contributed by atoms with Crippen molar-refractivity contribution in [1.82, 2.24) is 9.88 Å². The van der Waals surface area contributed by atoms with E-state index in [2.05, 4.69) is 10.3 Å². The van der Waals surface area contributed by atoms with Gasteiger partial charge >= 0.3 is 6.03 Å². The monoisotopic (exact) mass is 336 g/mol. The zero-order valence-electron chi connectivity index (χ0n) is 14.4. The van der Waals surface area contributed by atoms with Gasteiger partial charge in [-0.05, 0) is 25.5 Å². The third-order valence-corrected chi connectivity index (χ3v) is 4.30. The Balaban J connectivity index is 2.19. The van der Waals surface area contributed by atoms with Crippen molar-refractivity contribution in [2.75, 3.05) is 12.4 Å². The van der Waals surface area contributed by atoms with Gasteiger partial charge < -0.3 is 16.0 Å². The Morgan fingerprint density at radius 1 is 1.24 bits per heavy atom. The van der Waals surface area contributed by atoms with Gasteiger partial charge in [-0.15, -0.1) is 0 Å². The maximum absolute atomic E-state index is 12.3. The summed E-state index contributed by atoms with van der Waals surface area (Å²) in [5, 5.41) is 2.83. The smallest absolute Gasteiger partial charge is 0.322 e. The van der Waals surface area contributed by atoms with Crippen molar-refractivity contribution in [3.63, 3.8) is 0 Å². The van der Waals surface area contributed by atoms with Crippen molar-refractivity contribution < 1.29 is 9.59 Å². The van der Waals surface area contributed by atoms with Crippen LogP contribution < -0.4 is 11.1 Å². The second-order valence-electron chi connectivity index (χ2n) is 6.13. The number of carbonyl (C=O) groups is 2. The van der Waals surface area contributed by atoms with E-state index in [9.17, 15) is 9.59 Å². The maximum Gasteiger partial charge on any atom is 0.322 e. The van der Waals surface area contributed by atoms with Crippen molar-refractivity contribution in [2.45, 2.75) is 19.9 Å². The molecule has 0 fully saturated rings. The van der Waals surface area contributed by atoms with Crippen molar-refractivity contribution in [1.29, 1.82) is 0 Å². The number of nitrogens with two attached hydrogens (primary N) is 1. The lowest BCUT2D eigenvalue weighted by atomic mass is 9.93. The summed E-state index contributed by atoms with van der Waals surface area (Å²) in [7, 11) is 1.74. The van der Waals surface area contributed by atoms with E-state index in [-0.39, 0.29) is 17.9 Å². The molecule has 0 aliphatic carbocycles. The number of fused-ring (bicyclic) bond motifs is 1. The first-order chi connectivity index (χ1) is 11.9. The SMILES string of the molecule is CC(=O)C(=C(C)N)c1cc2c(cn1)NC(=O)N(C)C2c1ccccc1. The van der Waals surface area contributed by atoms with E-state index in [0.29, 0.717) is 22.7 Å². The zero-order chi connectivity index (χ0) is 18.1. The van der Waals surface area contributed by atoms with Gasteiger partial charge in [-0.1, -0.05) is 30.3 Å². The van der Waals surface area contributed by atoms with Gasteiger partial charge in [0.2, 0.25) is 0 Å². The molecule has 0 bridgehead atoms. The van der Waals surface area contributed by atoms with E-state index in [1.54, 1.807) is 25.1 Å². The number of benzene rings is 1. The number of aromatic nitrogens is 1. The highest BCUT2D eigenvalue weighted by Crippen LogP contribution is 2.37. The third kappa shape index (κ3) is 2.98. The summed E-state index contributed by atoms with van der Waals surface area (Å²) in [5.41, 5.74) is 9.70. The van der Waals surface area contributed by atoms with Gasteiger partial charge in [-0.25, -0.2) is 4.79 Å². The van der Waals surface area contributed by atoms with E-state index in [1.165, 1.54) is 6.92 Å². The van der Waals surface area contributed by atoms with Crippen LogP contribution in [0.3, 0.4) is 0 Å². The minimum atomic E-state index is -0.266. The van der Waals surface area contributed by atoms with Crippen LogP contribution in [-0.2, 0) is 4.79 Å². The molecule has 25 heavy (non-hydrogen) atoms. The Hall–Kier alpha value is -3.15. The lowest BCUT2D eigenvalue weighted by Gasteiger charge is -2.35. The Labute approximate surface area is 146 Å². The number of anilines is 1. The standard InChI is InChI=1S/C19H20N4O2/c1-11(20)17(12(2)24)15-9-14-16(10-21-15)22-19(25)23(3)18(14)13-7-5-4-6-8-13/h4-10,18H,20H2,1-3H3,(H,22,25). The molecule has 1 aromatic carbocycles. The summed E-state index contributed by atoms with van der Waals surface area (Å²) in [5.74, 6) is -0.142. The van der Waals surface area contributed by atoms with Gasteiger partial charge in [0.25, 0.3) is 0 Å². The van der Waals surface area contributed by atoms with Gasteiger partial charge in [0, 0.05) is 18.3 Å². The number of nitrogens with zero attached hydrogens (tertiary/aromatic N) is 2. The molecule has 1 aliphatic rings. The molecular weight excluding hydrogens is 316 g/mol. The number of amides is 2. The summed E-state index contributed by atoms with van der Waals surface area (Å²) >= 11 is 0. The lowest BCUT2D eigenvalue weighted by molar-refractivity contribution is -0.111. The molecule has 2 aromatic rings. The van der Waals surface area contributed by atoms with E-state index >= 15 is 0 Å². The Morgan fingerprint density at radius 2 is 1.92 bits per heavy atom. The van der Waals surface area contributed by atoms with Gasteiger partial charge in [0.15, 0.2) is 5.78 Å². The molecule has 0 saturated carbocycles. The molecule has 0 spiro atoms. The van der Waals surface area contributed by atoms with Gasteiger partial charge in [-0.2, -0.15) is 0 Å². The number of ketones is 1. The predicted octanol–water partition coefficient (Wildman–Crippen LogP) is 2.93. The molecule has 6 nitrogen and oxygen atoms in total. The van der Waals surface area contributed by atoms with E-state index in [1.807, 2.05) is 36.4 Å². The fourth-order valence-electron chi connectivity index (χ4n) is 3.17. The van der Waals surface area contributed by atoms with Crippen LogP contribution in [0.25, 0.3) is 5.57 Å². The van der Waals surface area contributed by atoms with Gasteiger partial charge in [-0.3, -0.25) is 9.78 Å². The Bertz CT molecular complexity index is 870. The number of urea groups is 1. The molecule has 0 radical (unpaired) electrons. The van der Waals surface area contributed by atoms with Gasteiger partial charge in [0.05, 0.1) is 29.2 Å². The summed E-state index contributed by atoms with van der Waals surface area (Å²) in [4.78, 5) is 30.2. The summed E-state index contributed by atoms with van der Waals surface area (Å²) in [6.07, 6.45) is 1.58. The normalized spacial score (nSPS) is 17.5. The molecule has 2 heterocycles. The number of carbonyl (C=O) groups excluding carboxylic acids is 2. The molecule has 1 atom stereocenters. The number of hydrogen-bond acceptors (Lipinski definition) is 4. The van der Waals surface area contributed by atoms with Gasteiger partial charge in [0.1, 0.15) is 0 Å². The number of nitrogens with one attached hydrogen (secondary N) is 1. The molecule has 6 heteroatoms. The van der Waals surface area contributed by atoms with Crippen molar-refractivity contribution in [3.8, 4) is 0 Å². The molecule has 1 unspecified atom stereocenters. The number of rotatable bonds is 3. The fraction of sp³-hybridized carbons (Fsp3) is 0.211. The molecule has 2 amide bonds. The van der Waals surface area contributed by atoms with Crippen molar-refractivity contribution in [3.05, 3.63) is 65.1 Å². The van der Waals surface area contributed by atoms with Crippen LogP contribution in [0.2, 0.25) is 0 Å². The second kappa shape index (κ2) is 6.39. The number of pyridine rings is 1. The van der Waals surface area contributed by atoms with Crippen molar-refractivity contribution >= 4 is 23.1 Å². The summed E-state index contributed by atoms with van der Waals surface area (Å²) < 4.78 is 0. The topological polar surface area (TPSA) is 88.3 Å². The van der Waals surface area contributed by atoms with Crippen LogP contribution >= 0.6 is 0 Å². The molecular formula is C19H20N4O2.